The van der Waals surface area contributed by atoms with Crippen molar-refractivity contribution in [2.24, 2.45) is 0 Å². The summed E-state index contributed by atoms with van der Waals surface area (Å²) in [6, 6.07) is 58.8. The summed E-state index contributed by atoms with van der Waals surface area (Å²) in [5, 5.41) is 0. The van der Waals surface area contributed by atoms with Gasteiger partial charge in [0.15, 0.2) is 0 Å². The number of hydrogen-bond donors (Lipinski definition) is 0. The highest BCUT2D eigenvalue weighted by Gasteiger charge is 2.24. The fourth-order valence-corrected chi connectivity index (χ4v) is 8.09. The van der Waals surface area contributed by atoms with E-state index in [0.29, 0.717) is 0 Å². The second kappa shape index (κ2) is 13.2. The Bertz CT molecular complexity index is 2600. The molecule has 2 heterocycles. The van der Waals surface area contributed by atoms with Crippen LogP contribution in [0.5, 0.6) is 0 Å². The zero-order valence-corrected chi connectivity index (χ0v) is 31.4. The average Bonchev–Trinajstić information content (AvgIpc) is 3.71. The molecule has 0 atom stereocenters. The third kappa shape index (κ3) is 5.90. The predicted octanol–water partition coefficient (Wildman–Crippen LogP) is 12.9. The Labute approximate surface area is 317 Å². The summed E-state index contributed by atoms with van der Waals surface area (Å²) in [6.07, 6.45) is 0. The predicted molar refractivity (Wildman–Crippen MR) is 226 cm³/mol. The molecule has 0 aliphatic carbocycles. The van der Waals surface area contributed by atoms with Crippen LogP contribution in [0.25, 0.3) is 77.9 Å². The first kappa shape index (κ1) is 33.3. The number of nitrogens with zero attached hydrogens (tertiary/aromatic N) is 4. The van der Waals surface area contributed by atoms with E-state index in [1.165, 1.54) is 38.9 Å². The Balaban J connectivity index is 1.02. The molecule has 7 aromatic carbocycles. The summed E-state index contributed by atoms with van der Waals surface area (Å²) in [6.45, 7) is 11.1. The zero-order valence-electron chi connectivity index (χ0n) is 31.4. The topological polar surface area (TPSA) is 35.6 Å². The van der Waals surface area contributed by atoms with Crippen molar-refractivity contribution in [1.29, 1.82) is 0 Å². The van der Waals surface area contributed by atoms with E-state index >= 15 is 0 Å². The summed E-state index contributed by atoms with van der Waals surface area (Å²) < 4.78 is 4.44. The molecule has 9 rings (SSSR count). The number of fused-ring (bicyclic) bond motifs is 2. The van der Waals surface area contributed by atoms with Crippen molar-refractivity contribution in [3.8, 4) is 55.9 Å². The molecule has 0 N–H and O–H groups in total. The van der Waals surface area contributed by atoms with Gasteiger partial charge in [0, 0.05) is 11.4 Å². The number of hydrogen-bond acceptors (Lipinski definition) is 2. The van der Waals surface area contributed by atoms with Crippen molar-refractivity contribution in [2.45, 2.75) is 40.0 Å². The molecule has 0 saturated heterocycles. The van der Waals surface area contributed by atoms with Gasteiger partial charge in [0.1, 0.15) is 11.6 Å². The molecule has 0 unspecified atom stereocenters. The first-order valence-corrected chi connectivity index (χ1v) is 18.7. The van der Waals surface area contributed by atoms with E-state index in [9.17, 15) is 0 Å². The van der Waals surface area contributed by atoms with E-state index in [-0.39, 0.29) is 5.41 Å². The van der Waals surface area contributed by atoms with Crippen molar-refractivity contribution in [3.63, 3.8) is 0 Å². The number of para-hydroxylation sites is 2. The molecule has 4 heteroatoms. The van der Waals surface area contributed by atoms with Crippen LogP contribution in [-0.4, -0.2) is 19.1 Å². The lowest BCUT2D eigenvalue weighted by atomic mass is 9.77. The molecule has 262 valence electrons. The highest BCUT2D eigenvalue weighted by atomic mass is 15.1. The Morgan fingerprint density at radius 3 is 1.15 bits per heavy atom. The molecule has 4 nitrogen and oxygen atoms in total. The van der Waals surface area contributed by atoms with Gasteiger partial charge in [0.05, 0.1) is 22.1 Å². The van der Waals surface area contributed by atoms with Crippen LogP contribution >= 0.6 is 0 Å². The van der Waals surface area contributed by atoms with Gasteiger partial charge in [-0.25, -0.2) is 9.97 Å². The van der Waals surface area contributed by atoms with Crippen LogP contribution < -0.4 is 0 Å². The number of benzene rings is 7. The lowest BCUT2D eigenvalue weighted by Gasteiger charge is -2.27. The van der Waals surface area contributed by atoms with E-state index in [0.717, 1.165) is 56.2 Å². The van der Waals surface area contributed by atoms with E-state index in [1.54, 1.807) is 0 Å². The Morgan fingerprint density at radius 1 is 0.389 bits per heavy atom. The number of rotatable bonds is 6. The summed E-state index contributed by atoms with van der Waals surface area (Å²) in [4.78, 5) is 9.85. The largest absolute Gasteiger partial charge is 0.297 e. The van der Waals surface area contributed by atoms with E-state index in [4.69, 9.17) is 9.97 Å². The zero-order chi connectivity index (χ0) is 37.0. The number of aryl methyl sites for hydroxylation is 2. The molecule has 0 radical (unpaired) electrons. The van der Waals surface area contributed by atoms with E-state index in [2.05, 4.69) is 195 Å². The van der Waals surface area contributed by atoms with Crippen LogP contribution in [0.4, 0.5) is 0 Å². The molecule has 0 amide bonds. The molecule has 0 aliphatic heterocycles. The molecule has 0 fully saturated rings. The first-order valence-electron chi connectivity index (χ1n) is 18.7. The fraction of sp³-hybridized carbons (Fsp3) is 0.120. The van der Waals surface area contributed by atoms with E-state index < -0.39 is 0 Å². The highest BCUT2D eigenvalue weighted by molar-refractivity contribution is 5.87. The fourth-order valence-electron chi connectivity index (χ4n) is 8.09. The first-order chi connectivity index (χ1) is 26.2. The van der Waals surface area contributed by atoms with Gasteiger partial charge in [-0.3, -0.25) is 9.13 Å². The highest BCUT2D eigenvalue weighted by Crippen LogP contribution is 2.41. The minimum atomic E-state index is -0.0791. The molecule has 54 heavy (non-hydrogen) atoms. The SMILES string of the molecule is Cc1nc2cc(-c3ccc(-c4cccc(-c5ccc(-c6ccc7c(c6)nc(C)n7-c6ccccc6)cc5)c4C(C)(C)C)cc3)ccc2n1-c1ccccc1. The maximum Gasteiger partial charge on any atom is 0.111 e. The van der Waals surface area contributed by atoms with Crippen molar-refractivity contribution >= 4 is 22.1 Å². The van der Waals surface area contributed by atoms with Crippen LogP contribution in [0.3, 0.4) is 0 Å². The second-order valence-electron chi connectivity index (χ2n) is 15.2. The molecule has 2 aromatic heterocycles. The number of imidazole rings is 2. The number of aromatic nitrogens is 4. The summed E-state index contributed by atoms with van der Waals surface area (Å²) in [5.74, 6) is 1.97. The van der Waals surface area contributed by atoms with Gasteiger partial charge >= 0.3 is 0 Å². The van der Waals surface area contributed by atoms with Gasteiger partial charge in [0.2, 0.25) is 0 Å². The van der Waals surface area contributed by atoms with Gasteiger partial charge in [-0.2, -0.15) is 0 Å². The van der Waals surface area contributed by atoms with Crippen molar-refractivity contribution < 1.29 is 0 Å². The quantitative estimate of drug-likeness (QED) is 0.173. The monoisotopic (exact) mass is 698 g/mol. The summed E-state index contributed by atoms with van der Waals surface area (Å²) >= 11 is 0. The third-order valence-electron chi connectivity index (χ3n) is 10.5. The summed E-state index contributed by atoms with van der Waals surface area (Å²) in [5.41, 5.74) is 17.4. The third-order valence-corrected chi connectivity index (χ3v) is 10.5. The minimum Gasteiger partial charge on any atom is -0.297 e. The Hall–Kier alpha value is -6.52. The Morgan fingerprint density at radius 2 is 0.759 bits per heavy atom. The molecule has 0 spiro atoms. The molecular weight excluding hydrogens is 657 g/mol. The van der Waals surface area contributed by atoms with Crippen LogP contribution in [0, 0.1) is 13.8 Å². The van der Waals surface area contributed by atoms with E-state index in [1.807, 2.05) is 12.1 Å². The van der Waals surface area contributed by atoms with Crippen LogP contribution in [-0.2, 0) is 5.41 Å². The molecule has 0 bridgehead atoms. The average molecular weight is 699 g/mol. The van der Waals surface area contributed by atoms with Crippen molar-refractivity contribution in [3.05, 3.63) is 181 Å². The molecular formula is C50H42N4. The maximum absolute atomic E-state index is 4.93. The van der Waals surface area contributed by atoms with Gasteiger partial charge in [-0.05, 0) is 118 Å². The standard InChI is InChI=1S/C50H42N4/c1-33-51-45-31-39(27-29-47(45)53(33)41-13-8-6-9-14-41)35-19-23-37(24-20-35)43-17-12-18-44(49(43)50(3,4)5)38-25-21-36(22-26-38)40-28-30-48-46(32-40)52-34(2)54(48)42-15-10-7-11-16-42/h6-32H,1-5H3. The van der Waals surface area contributed by atoms with Crippen LogP contribution in [0.15, 0.2) is 164 Å². The van der Waals surface area contributed by atoms with Gasteiger partial charge in [-0.15, -0.1) is 0 Å². The van der Waals surface area contributed by atoms with Gasteiger partial charge in [0.25, 0.3) is 0 Å². The minimum absolute atomic E-state index is 0.0791. The van der Waals surface area contributed by atoms with Crippen molar-refractivity contribution in [1.82, 2.24) is 19.1 Å². The van der Waals surface area contributed by atoms with Crippen molar-refractivity contribution in [2.75, 3.05) is 0 Å². The maximum atomic E-state index is 4.93. The lowest BCUT2D eigenvalue weighted by Crippen LogP contribution is -2.14. The van der Waals surface area contributed by atoms with Gasteiger partial charge < -0.3 is 0 Å². The lowest BCUT2D eigenvalue weighted by molar-refractivity contribution is 0.593. The molecule has 0 saturated carbocycles. The second-order valence-corrected chi connectivity index (χ2v) is 15.2. The van der Waals surface area contributed by atoms with Gasteiger partial charge in [-0.1, -0.05) is 136 Å². The van der Waals surface area contributed by atoms with Crippen LogP contribution in [0.1, 0.15) is 38.0 Å². The summed E-state index contributed by atoms with van der Waals surface area (Å²) in [7, 11) is 0. The smallest absolute Gasteiger partial charge is 0.111 e. The van der Waals surface area contributed by atoms with Crippen LogP contribution in [0.2, 0.25) is 0 Å². The Kier molecular flexibility index (Phi) is 8.12. The molecule has 9 aromatic rings. The molecule has 0 aliphatic rings. The normalized spacial score (nSPS) is 11.8.